The molecule has 3 unspecified atom stereocenters. The van der Waals surface area contributed by atoms with Gasteiger partial charge in [0.15, 0.2) is 0 Å². The molecule has 2 saturated heterocycles. The summed E-state index contributed by atoms with van der Waals surface area (Å²) >= 11 is 0. The minimum Gasteiger partial charge on any atom is -0.312 e. The van der Waals surface area contributed by atoms with Gasteiger partial charge in [-0.2, -0.15) is 0 Å². The van der Waals surface area contributed by atoms with Gasteiger partial charge in [-0.25, -0.2) is 0 Å². The van der Waals surface area contributed by atoms with E-state index in [9.17, 15) is 0 Å². The molecule has 1 N–H and O–H groups in total. The van der Waals surface area contributed by atoms with Crippen LogP contribution in [0.5, 0.6) is 0 Å². The van der Waals surface area contributed by atoms with E-state index in [2.05, 4.69) is 22.0 Å². The minimum absolute atomic E-state index is 0.801. The first-order chi connectivity index (χ1) is 8.86. The van der Waals surface area contributed by atoms with Crippen LogP contribution >= 0.6 is 0 Å². The number of hydrogen-bond donors (Lipinski definition) is 1. The van der Waals surface area contributed by atoms with Crippen LogP contribution in [0.2, 0.25) is 0 Å². The molecule has 18 heavy (non-hydrogen) atoms. The molecule has 3 heteroatoms. The van der Waals surface area contributed by atoms with Gasteiger partial charge in [0.2, 0.25) is 0 Å². The van der Waals surface area contributed by atoms with Crippen molar-refractivity contribution in [1.29, 1.82) is 0 Å². The molecule has 2 heterocycles. The highest BCUT2D eigenvalue weighted by Gasteiger charge is 2.39. The zero-order chi connectivity index (χ0) is 12.4. The molecular weight excluding hydrogens is 222 g/mol. The maximum absolute atomic E-state index is 3.79. The van der Waals surface area contributed by atoms with Gasteiger partial charge in [0.1, 0.15) is 0 Å². The minimum atomic E-state index is 0.801. The van der Waals surface area contributed by atoms with Gasteiger partial charge >= 0.3 is 0 Å². The first-order valence-corrected chi connectivity index (χ1v) is 8.05. The predicted molar refractivity (Wildman–Crippen MR) is 75.8 cm³/mol. The molecule has 1 aliphatic carbocycles. The van der Waals surface area contributed by atoms with Crippen molar-refractivity contribution in [1.82, 2.24) is 15.1 Å². The lowest BCUT2D eigenvalue weighted by Gasteiger charge is -2.36. The summed E-state index contributed by atoms with van der Waals surface area (Å²) in [6.45, 7) is 11.3. The summed E-state index contributed by atoms with van der Waals surface area (Å²) in [5.74, 6) is 2.01. The van der Waals surface area contributed by atoms with Gasteiger partial charge in [-0.3, -0.25) is 4.90 Å². The number of rotatable bonds is 4. The molecule has 0 aromatic heterocycles. The highest BCUT2D eigenvalue weighted by atomic mass is 15.3. The summed E-state index contributed by atoms with van der Waals surface area (Å²) in [7, 11) is 0. The number of nitrogens with one attached hydrogen (secondary N) is 1. The van der Waals surface area contributed by atoms with Crippen LogP contribution in [-0.2, 0) is 0 Å². The summed E-state index contributed by atoms with van der Waals surface area (Å²) in [5.41, 5.74) is 0. The molecule has 3 atom stereocenters. The van der Waals surface area contributed by atoms with Gasteiger partial charge < -0.3 is 10.2 Å². The molecule has 2 aliphatic heterocycles. The Labute approximate surface area is 112 Å². The second kappa shape index (κ2) is 5.89. The van der Waals surface area contributed by atoms with Crippen LogP contribution in [-0.4, -0.2) is 61.7 Å². The smallest absolute Gasteiger partial charge is 0.0226 e. The third-order valence-electron chi connectivity index (χ3n) is 5.34. The topological polar surface area (TPSA) is 18.5 Å². The first kappa shape index (κ1) is 12.9. The van der Waals surface area contributed by atoms with Crippen molar-refractivity contribution in [3.05, 3.63) is 0 Å². The van der Waals surface area contributed by atoms with E-state index in [1.807, 2.05) is 0 Å². The summed E-state index contributed by atoms with van der Waals surface area (Å²) < 4.78 is 0. The van der Waals surface area contributed by atoms with E-state index < -0.39 is 0 Å². The molecule has 0 amide bonds. The maximum Gasteiger partial charge on any atom is 0.0226 e. The highest BCUT2D eigenvalue weighted by molar-refractivity contribution is 4.95. The van der Waals surface area contributed by atoms with Crippen molar-refractivity contribution in [3.63, 3.8) is 0 Å². The predicted octanol–water partition coefficient (Wildman–Crippen LogP) is 1.40. The third-order valence-corrected chi connectivity index (χ3v) is 5.34. The summed E-state index contributed by atoms with van der Waals surface area (Å²) in [5, 5.41) is 3.79. The Balaban J connectivity index is 1.44. The number of piperazine rings is 1. The van der Waals surface area contributed by atoms with Crippen molar-refractivity contribution in [2.75, 3.05) is 45.8 Å². The molecule has 3 aliphatic rings. The lowest BCUT2D eigenvalue weighted by Crippen LogP contribution is -2.50. The lowest BCUT2D eigenvalue weighted by atomic mass is 9.94. The molecule has 3 nitrogen and oxygen atoms in total. The summed E-state index contributed by atoms with van der Waals surface area (Å²) in [4.78, 5) is 5.32. The monoisotopic (exact) mass is 251 g/mol. The molecule has 0 spiro atoms. The molecule has 1 saturated carbocycles. The SMILES string of the molecule is CCCN1CCN(CC2NCC3CCCC32)CC1. The van der Waals surface area contributed by atoms with E-state index in [0.717, 1.165) is 17.9 Å². The lowest BCUT2D eigenvalue weighted by molar-refractivity contribution is 0.119. The fourth-order valence-corrected chi connectivity index (χ4v) is 4.29. The van der Waals surface area contributed by atoms with Gasteiger partial charge in [0.05, 0.1) is 0 Å². The van der Waals surface area contributed by atoms with Crippen LogP contribution in [0.15, 0.2) is 0 Å². The zero-order valence-corrected chi connectivity index (χ0v) is 11.9. The van der Waals surface area contributed by atoms with Crippen LogP contribution < -0.4 is 5.32 Å². The van der Waals surface area contributed by atoms with Crippen molar-refractivity contribution in [2.24, 2.45) is 11.8 Å². The first-order valence-electron chi connectivity index (χ1n) is 8.05. The van der Waals surface area contributed by atoms with E-state index >= 15 is 0 Å². The van der Waals surface area contributed by atoms with Crippen molar-refractivity contribution >= 4 is 0 Å². The van der Waals surface area contributed by atoms with Crippen LogP contribution in [0, 0.1) is 11.8 Å². The van der Waals surface area contributed by atoms with E-state index in [1.165, 1.54) is 71.5 Å². The van der Waals surface area contributed by atoms with Crippen LogP contribution in [0.3, 0.4) is 0 Å². The van der Waals surface area contributed by atoms with E-state index in [4.69, 9.17) is 0 Å². The van der Waals surface area contributed by atoms with Crippen molar-refractivity contribution in [2.45, 2.75) is 38.6 Å². The van der Waals surface area contributed by atoms with Gasteiger partial charge in [0, 0.05) is 38.8 Å². The Kier molecular flexibility index (Phi) is 4.22. The molecule has 0 radical (unpaired) electrons. The van der Waals surface area contributed by atoms with Gasteiger partial charge in [0.25, 0.3) is 0 Å². The van der Waals surface area contributed by atoms with E-state index in [-0.39, 0.29) is 0 Å². The molecule has 3 fully saturated rings. The van der Waals surface area contributed by atoms with Crippen molar-refractivity contribution < 1.29 is 0 Å². The Morgan fingerprint density at radius 1 is 1.06 bits per heavy atom. The molecule has 104 valence electrons. The van der Waals surface area contributed by atoms with Crippen LogP contribution in [0.1, 0.15) is 32.6 Å². The second-order valence-corrected chi connectivity index (χ2v) is 6.51. The Morgan fingerprint density at radius 2 is 1.83 bits per heavy atom. The number of nitrogens with zero attached hydrogens (tertiary/aromatic N) is 2. The van der Waals surface area contributed by atoms with Crippen LogP contribution in [0.4, 0.5) is 0 Å². The fraction of sp³-hybridized carbons (Fsp3) is 1.00. The average Bonchev–Trinajstić information content (AvgIpc) is 2.97. The highest BCUT2D eigenvalue weighted by Crippen LogP contribution is 2.37. The van der Waals surface area contributed by atoms with Gasteiger partial charge in [-0.15, -0.1) is 0 Å². The zero-order valence-electron chi connectivity index (χ0n) is 11.9. The normalized spacial score (nSPS) is 38.2. The molecule has 0 aromatic carbocycles. The Hall–Kier alpha value is -0.120. The van der Waals surface area contributed by atoms with E-state index in [0.29, 0.717) is 0 Å². The molecule has 3 rings (SSSR count). The van der Waals surface area contributed by atoms with Gasteiger partial charge in [-0.05, 0) is 44.2 Å². The average molecular weight is 251 g/mol. The quantitative estimate of drug-likeness (QED) is 0.815. The van der Waals surface area contributed by atoms with Gasteiger partial charge in [-0.1, -0.05) is 13.3 Å². The largest absolute Gasteiger partial charge is 0.312 e. The summed E-state index contributed by atoms with van der Waals surface area (Å²) in [6, 6.07) is 0.801. The van der Waals surface area contributed by atoms with Crippen LogP contribution in [0.25, 0.3) is 0 Å². The number of fused-ring (bicyclic) bond motifs is 1. The third kappa shape index (κ3) is 2.73. The fourth-order valence-electron chi connectivity index (χ4n) is 4.29. The second-order valence-electron chi connectivity index (χ2n) is 6.51. The summed E-state index contributed by atoms with van der Waals surface area (Å²) in [6.07, 6.45) is 5.75. The maximum atomic E-state index is 3.79. The molecular formula is C15H29N3. The number of hydrogen-bond acceptors (Lipinski definition) is 3. The molecule has 0 aromatic rings. The molecule has 0 bridgehead atoms. The Bertz CT molecular complexity index is 260. The van der Waals surface area contributed by atoms with E-state index in [1.54, 1.807) is 0 Å². The van der Waals surface area contributed by atoms with Crippen molar-refractivity contribution in [3.8, 4) is 0 Å². The Morgan fingerprint density at radius 3 is 2.61 bits per heavy atom. The standard InChI is InChI=1S/C15H29N3/c1-2-6-17-7-9-18(10-8-17)12-15-14-5-3-4-13(14)11-16-15/h13-16H,2-12H2,1H3.